The zero-order valence-corrected chi connectivity index (χ0v) is 15.9. The number of aryl methyl sites for hydroxylation is 1. The Hall–Kier alpha value is -2.66. The van der Waals surface area contributed by atoms with Crippen molar-refractivity contribution >= 4 is 11.8 Å². The minimum atomic E-state index is -0.0778. The van der Waals surface area contributed by atoms with Crippen LogP contribution in [0.5, 0.6) is 0 Å². The fourth-order valence-corrected chi connectivity index (χ4v) is 3.39. The van der Waals surface area contributed by atoms with Crippen LogP contribution in [-0.2, 0) is 11.3 Å². The average Bonchev–Trinajstić information content (AvgIpc) is 2.69. The molecule has 0 bridgehead atoms. The maximum Gasteiger partial charge on any atom is 0.253 e. The van der Waals surface area contributed by atoms with E-state index >= 15 is 0 Å². The number of nitrogens with zero attached hydrogens (tertiary/aromatic N) is 1. The van der Waals surface area contributed by atoms with E-state index in [-0.39, 0.29) is 17.9 Å². The first-order valence-electron chi connectivity index (χ1n) is 9.32. The molecule has 142 valence electrons. The van der Waals surface area contributed by atoms with Crippen LogP contribution in [-0.4, -0.2) is 43.0 Å². The molecular formula is C22H26N2O3. The second kappa shape index (κ2) is 8.82. The number of amides is 2. The van der Waals surface area contributed by atoms with Crippen LogP contribution in [0.1, 0.15) is 44.7 Å². The van der Waals surface area contributed by atoms with Gasteiger partial charge in [-0.2, -0.15) is 0 Å². The van der Waals surface area contributed by atoms with Crippen LogP contribution in [0.15, 0.2) is 48.5 Å². The van der Waals surface area contributed by atoms with Crippen LogP contribution in [0.3, 0.4) is 0 Å². The summed E-state index contributed by atoms with van der Waals surface area (Å²) >= 11 is 0. The van der Waals surface area contributed by atoms with Gasteiger partial charge in [-0.25, -0.2) is 0 Å². The second-order valence-electron chi connectivity index (χ2n) is 7.00. The molecule has 0 aliphatic carbocycles. The SMILES string of the molecule is COCc1ccccc1C(=O)NC1CCN(C(=O)c2ccc(C)cc2)CC1. The number of rotatable bonds is 5. The fourth-order valence-electron chi connectivity index (χ4n) is 3.39. The fraction of sp³-hybridized carbons (Fsp3) is 0.364. The van der Waals surface area contributed by atoms with Crippen LogP contribution in [0, 0.1) is 6.92 Å². The van der Waals surface area contributed by atoms with Crippen LogP contribution >= 0.6 is 0 Å². The van der Waals surface area contributed by atoms with Crippen molar-refractivity contribution in [3.05, 3.63) is 70.8 Å². The monoisotopic (exact) mass is 366 g/mol. The molecule has 1 saturated heterocycles. The first-order valence-corrected chi connectivity index (χ1v) is 9.32. The Morgan fingerprint density at radius 1 is 1.07 bits per heavy atom. The maximum atomic E-state index is 12.6. The van der Waals surface area contributed by atoms with Crippen molar-refractivity contribution in [3.8, 4) is 0 Å². The number of carbonyl (C=O) groups is 2. The zero-order valence-electron chi connectivity index (χ0n) is 15.9. The van der Waals surface area contributed by atoms with Gasteiger partial charge >= 0.3 is 0 Å². The molecule has 1 aliphatic heterocycles. The topological polar surface area (TPSA) is 58.6 Å². The minimum Gasteiger partial charge on any atom is -0.380 e. The first-order chi connectivity index (χ1) is 13.1. The lowest BCUT2D eigenvalue weighted by Crippen LogP contribution is -2.46. The van der Waals surface area contributed by atoms with Gasteiger partial charge in [0.05, 0.1) is 6.61 Å². The lowest BCUT2D eigenvalue weighted by Gasteiger charge is -2.32. The number of ether oxygens (including phenoxy) is 1. The third-order valence-electron chi connectivity index (χ3n) is 4.98. The number of benzene rings is 2. The molecule has 2 aromatic rings. The van der Waals surface area contributed by atoms with Gasteiger partial charge in [0.1, 0.15) is 0 Å². The minimum absolute atomic E-state index is 0.0604. The standard InChI is InChI=1S/C22H26N2O3/c1-16-7-9-17(10-8-16)22(26)24-13-11-19(12-14-24)23-21(25)20-6-4-3-5-18(20)15-27-2/h3-10,19H,11-15H2,1-2H3,(H,23,25). The van der Waals surface area contributed by atoms with Crippen molar-refractivity contribution in [2.75, 3.05) is 20.2 Å². The van der Waals surface area contributed by atoms with Gasteiger partial charge in [-0.05, 0) is 43.5 Å². The predicted octanol–water partition coefficient (Wildman–Crippen LogP) is 3.18. The number of hydrogen-bond acceptors (Lipinski definition) is 3. The number of carbonyl (C=O) groups excluding carboxylic acids is 2. The lowest BCUT2D eigenvalue weighted by atomic mass is 10.0. The number of likely N-dealkylation sites (tertiary alicyclic amines) is 1. The molecule has 2 amide bonds. The van der Waals surface area contributed by atoms with Gasteiger partial charge in [-0.3, -0.25) is 9.59 Å². The summed E-state index contributed by atoms with van der Waals surface area (Å²) in [5, 5.41) is 3.11. The van der Waals surface area contributed by atoms with Gasteiger partial charge in [0, 0.05) is 37.4 Å². The highest BCUT2D eigenvalue weighted by Crippen LogP contribution is 2.16. The summed E-state index contributed by atoms with van der Waals surface area (Å²) in [6.07, 6.45) is 1.52. The van der Waals surface area contributed by atoms with Gasteiger partial charge in [0.25, 0.3) is 11.8 Å². The van der Waals surface area contributed by atoms with Crippen molar-refractivity contribution < 1.29 is 14.3 Å². The Labute approximate surface area is 160 Å². The third-order valence-corrected chi connectivity index (χ3v) is 4.98. The molecule has 1 N–H and O–H groups in total. The molecule has 27 heavy (non-hydrogen) atoms. The van der Waals surface area contributed by atoms with E-state index in [9.17, 15) is 9.59 Å². The summed E-state index contributed by atoms with van der Waals surface area (Å²) in [7, 11) is 1.62. The van der Waals surface area contributed by atoms with E-state index in [0.29, 0.717) is 25.3 Å². The number of nitrogens with one attached hydrogen (secondary N) is 1. The highest BCUT2D eigenvalue weighted by atomic mass is 16.5. The van der Waals surface area contributed by atoms with E-state index in [2.05, 4.69) is 5.32 Å². The second-order valence-corrected chi connectivity index (χ2v) is 7.00. The Morgan fingerprint density at radius 3 is 2.41 bits per heavy atom. The summed E-state index contributed by atoms with van der Waals surface area (Å²) in [4.78, 5) is 27.1. The Balaban J connectivity index is 1.56. The largest absolute Gasteiger partial charge is 0.380 e. The molecule has 5 heteroatoms. The van der Waals surface area contributed by atoms with E-state index in [4.69, 9.17) is 4.74 Å². The molecule has 0 saturated carbocycles. The van der Waals surface area contributed by atoms with Gasteiger partial charge in [0.15, 0.2) is 0 Å². The van der Waals surface area contributed by atoms with Gasteiger partial charge in [0.2, 0.25) is 0 Å². The van der Waals surface area contributed by atoms with Crippen molar-refractivity contribution in [2.24, 2.45) is 0 Å². The van der Waals surface area contributed by atoms with Gasteiger partial charge in [-0.1, -0.05) is 35.9 Å². The summed E-state index contributed by atoms with van der Waals surface area (Å²) < 4.78 is 5.17. The molecule has 3 rings (SSSR count). The highest BCUT2D eigenvalue weighted by Gasteiger charge is 2.25. The molecule has 0 radical (unpaired) electrons. The normalized spacial score (nSPS) is 14.8. The van der Waals surface area contributed by atoms with E-state index in [1.807, 2.05) is 60.4 Å². The van der Waals surface area contributed by atoms with Crippen LogP contribution in [0.2, 0.25) is 0 Å². The number of methoxy groups -OCH3 is 1. The summed E-state index contributed by atoms with van der Waals surface area (Å²) in [5.74, 6) is -0.0174. The lowest BCUT2D eigenvalue weighted by molar-refractivity contribution is 0.0698. The zero-order chi connectivity index (χ0) is 19.2. The molecule has 2 aromatic carbocycles. The van der Waals surface area contributed by atoms with E-state index in [1.54, 1.807) is 7.11 Å². The molecule has 0 aromatic heterocycles. The van der Waals surface area contributed by atoms with Crippen LogP contribution in [0.4, 0.5) is 0 Å². The van der Waals surface area contributed by atoms with Gasteiger partial charge < -0.3 is 15.0 Å². The summed E-state index contributed by atoms with van der Waals surface area (Å²) in [5.41, 5.74) is 3.39. The van der Waals surface area contributed by atoms with Crippen molar-refractivity contribution in [1.82, 2.24) is 10.2 Å². The number of piperidine rings is 1. The average molecular weight is 366 g/mol. The highest BCUT2D eigenvalue weighted by molar-refractivity contribution is 5.96. The van der Waals surface area contributed by atoms with Crippen molar-refractivity contribution in [2.45, 2.75) is 32.4 Å². The summed E-state index contributed by atoms with van der Waals surface area (Å²) in [6, 6.07) is 15.2. The van der Waals surface area contributed by atoms with Crippen molar-refractivity contribution in [1.29, 1.82) is 0 Å². The third kappa shape index (κ3) is 4.74. The van der Waals surface area contributed by atoms with E-state index in [1.165, 1.54) is 0 Å². The Kier molecular flexibility index (Phi) is 6.24. The van der Waals surface area contributed by atoms with E-state index in [0.717, 1.165) is 29.5 Å². The predicted molar refractivity (Wildman–Crippen MR) is 105 cm³/mol. The molecule has 1 fully saturated rings. The van der Waals surface area contributed by atoms with Gasteiger partial charge in [-0.15, -0.1) is 0 Å². The van der Waals surface area contributed by atoms with E-state index < -0.39 is 0 Å². The van der Waals surface area contributed by atoms with Crippen LogP contribution < -0.4 is 5.32 Å². The quantitative estimate of drug-likeness (QED) is 0.884. The molecule has 0 unspecified atom stereocenters. The Bertz CT molecular complexity index is 793. The molecule has 0 atom stereocenters. The molecule has 1 heterocycles. The molecule has 5 nitrogen and oxygen atoms in total. The van der Waals surface area contributed by atoms with Crippen LogP contribution in [0.25, 0.3) is 0 Å². The first kappa shape index (κ1) is 19.1. The summed E-state index contributed by atoms with van der Waals surface area (Å²) in [6.45, 7) is 3.72. The van der Waals surface area contributed by atoms with Crippen molar-refractivity contribution in [3.63, 3.8) is 0 Å². The Morgan fingerprint density at radius 2 is 1.74 bits per heavy atom. The maximum absolute atomic E-state index is 12.6. The number of hydrogen-bond donors (Lipinski definition) is 1. The molecular weight excluding hydrogens is 340 g/mol. The smallest absolute Gasteiger partial charge is 0.253 e. The molecule has 1 aliphatic rings. The molecule has 0 spiro atoms.